The normalized spacial score (nSPS) is 11.1. The van der Waals surface area contributed by atoms with Gasteiger partial charge in [0.2, 0.25) is 0 Å². The van der Waals surface area contributed by atoms with Gasteiger partial charge >= 0.3 is 5.97 Å². The van der Waals surface area contributed by atoms with E-state index in [0.717, 1.165) is 16.5 Å². The number of carbonyl (C=O) groups excluding carboxylic acids is 1. The number of ether oxygens (including phenoxy) is 1. The van der Waals surface area contributed by atoms with Gasteiger partial charge in [-0.05, 0) is 42.0 Å². The molecule has 0 aromatic heterocycles. The summed E-state index contributed by atoms with van der Waals surface area (Å²) in [6.45, 7) is 2.64. The van der Waals surface area contributed by atoms with Crippen LogP contribution in [-0.2, 0) is 13.6 Å². The lowest BCUT2D eigenvalue weighted by Crippen LogP contribution is -2.07. The summed E-state index contributed by atoms with van der Waals surface area (Å²) in [5.41, 5.74) is 1.33. The Bertz CT molecular complexity index is 511. The van der Waals surface area contributed by atoms with Crippen LogP contribution < -0.4 is 5.32 Å². The van der Waals surface area contributed by atoms with Crippen LogP contribution in [0.15, 0.2) is 24.3 Å². The van der Waals surface area contributed by atoms with Gasteiger partial charge in [0.25, 0.3) is 0 Å². The Labute approximate surface area is 117 Å². The Morgan fingerprint density at radius 2 is 1.95 bits per heavy atom. The first-order valence-corrected chi connectivity index (χ1v) is 9.17. The molecule has 0 unspecified atom stereocenters. The number of anilines is 1. The number of hydrogen-bond acceptors (Lipinski definition) is 6. The van der Waals surface area contributed by atoms with E-state index in [4.69, 9.17) is 4.74 Å². The molecule has 1 aromatic rings. The van der Waals surface area contributed by atoms with Crippen molar-refractivity contribution in [2.75, 3.05) is 30.5 Å². The molecule has 0 spiro atoms. The maximum absolute atomic E-state index is 11.4. The van der Waals surface area contributed by atoms with E-state index in [1.54, 1.807) is 31.2 Å². The molecule has 0 atom stereocenters. The van der Waals surface area contributed by atoms with E-state index in [9.17, 15) is 13.2 Å². The van der Waals surface area contributed by atoms with E-state index >= 15 is 0 Å². The molecule has 0 amide bonds. The molecule has 0 bridgehead atoms. The summed E-state index contributed by atoms with van der Waals surface area (Å²) in [4.78, 5) is 11.4. The fraction of sp³-hybridized carbons (Fsp3) is 0.417. The van der Waals surface area contributed by atoms with Crippen molar-refractivity contribution in [3.8, 4) is 0 Å². The van der Waals surface area contributed by atoms with Gasteiger partial charge in [-0.2, -0.15) is 0 Å². The monoisotopic (exact) mass is 303 g/mol. The molecule has 0 aliphatic carbocycles. The van der Waals surface area contributed by atoms with Gasteiger partial charge in [0, 0.05) is 24.2 Å². The first kappa shape index (κ1) is 15.8. The molecule has 0 saturated heterocycles. The van der Waals surface area contributed by atoms with Crippen LogP contribution in [0.3, 0.4) is 0 Å². The molecule has 0 saturated carbocycles. The summed E-state index contributed by atoms with van der Waals surface area (Å²) in [7, 11) is -2.08. The van der Waals surface area contributed by atoms with Crippen molar-refractivity contribution in [3.63, 3.8) is 0 Å². The molecule has 0 aliphatic heterocycles. The zero-order valence-corrected chi connectivity index (χ0v) is 12.5. The molecule has 106 valence electrons. The van der Waals surface area contributed by atoms with Crippen molar-refractivity contribution >= 4 is 31.3 Å². The van der Waals surface area contributed by atoms with Crippen LogP contribution in [0.25, 0.3) is 0 Å². The Balaban J connectivity index is 2.42. The minimum atomic E-state index is -2.99. The molecular weight excluding hydrogens is 286 g/mol. The molecule has 1 N–H and O–H groups in total. The van der Waals surface area contributed by atoms with Crippen molar-refractivity contribution in [2.45, 2.75) is 6.92 Å². The lowest BCUT2D eigenvalue weighted by Gasteiger charge is -2.06. The molecule has 1 rings (SSSR count). The van der Waals surface area contributed by atoms with Crippen molar-refractivity contribution in [2.24, 2.45) is 0 Å². The molecule has 0 heterocycles. The maximum atomic E-state index is 11.4. The minimum Gasteiger partial charge on any atom is -0.462 e. The zero-order valence-electron chi connectivity index (χ0n) is 10.9. The van der Waals surface area contributed by atoms with E-state index in [1.165, 1.54) is 6.26 Å². The summed E-state index contributed by atoms with van der Waals surface area (Å²) in [5.74, 6) is 0.125. The molecule has 7 heteroatoms. The van der Waals surface area contributed by atoms with Gasteiger partial charge in [-0.15, -0.1) is 0 Å². The number of benzene rings is 1. The van der Waals surface area contributed by atoms with Gasteiger partial charge in [0.05, 0.1) is 12.2 Å². The molecule has 19 heavy (non-hydrogen) atoms. The third-order valence-corrected chi connectivity index (χ3v) is 4.71. The highest BCUT2D eigenvalue weighted by Crippen LogP contribution is 2.12. The van der Waals surface area contributed by atoms with Gasteiger partial charge in [-0.1, -0.05) is 0 Å². The van der Waals surface area contributed by atoms with Gasteiger partial charge in [-0.3, -0.25) is 0 Å². The maximum Gasteiger partial charge on any atom is 0.338 e. The van der Waals surface area contributed by atoms with E-state index in [1.807, 2.05) is 0 Å². The standard InChI is InChI=1S/C12H17NO4S2/c1-3-17-12(14)10-4-6-11(7-5-10)13-8-9-18-19(2,15)16/h4-7,13H,3,8-9H2,1-2H3. The highest BCUT2D eigenvalue weighted by Gasteiger charge is 2.05. The summed E-state index contributed by atoms with van der Waals surface area (Å²) >= 11 is 0. The van der Waals surface area contributed by atoms with Crippen LogP contribution in [0.4, 0.5) is 5.69 Å². The lowest BCUT2D eigenvalue weighted by molar-refractivity contribution is 0.0526. The first-order chi connectivity index (χ1) is 8.92. The van der Waals surface area contributed by atoms with Gasteiger partial charge in [0.1, 0.15) is 0 Å². The molecule has 0 aliphatic rings. The van der Waals surface area contributed by atoms with Gasteiger partial charge < -0.3 is 10.1 Å². The van der Waals surface area contributed by atoms with Crippen LogP contribution >= 0.6 is 10.8 Å². The summed E-state index contributed by atoms with van der Waals surface area (Å²) in [6.07, 6.45) is 1.19. The van der Waals surface area contributed by atoms with Crippen LogP contribution in [0.5, 0.6) is 0 Å². The Kier molecular flexibility index (Phi) is 6.17. The van der Waals surface area contributed by atoms with Gasteiger partial charge in [-0.25, -0.2) is 13.2 Å². The first-order valence-electron chi connectivity index (χ1n) is 5.78. The lowest BCUT2D eigenvalue weighted by atomic mass is 10.2. The number of carbonyl (C=O) groups is 1. The number of rotatable bonds is 7. The van der Waals surface area contributed by atoms with Crippen LogP contribution in [0, 0.1) is 0 Å². The number of hydrogen-bond donors (Lipinski definition) is 1. The van der Waals surface area contributed by atoms with Crippen LogP contribution in [-0.4, -0.2) is 39.5 Å². The van der Waals surface area contributed by atoms with Crippen molar-refractivity contribution < 1.29 is 17.9 Å². The van der Waals surface area contributed by atoms with E-state index in [-0.39, 0.29) is 5.97 Å². The highest BCUT2D eigenvalue weighted by molar-refractivity contribution is 8.71. The number of esters is 1. The quantitative estimate of drug-likeness (QED) is 0.472. The Morgan fingerprint density at radius 3 is 2.47 bits per heavy atom. The number of nitrogens with one attached hydrogen (secondary N) is 1. The van der Waals surface area contributed by atoms with Crippen molar-refractivity contribution in [3.05, 3.63) is 29.8 Å². The largest absolute Gasteiger partial charge is 0.462 e. The molecule has 5 nitrogen and oxygen atoms in total. The Morgan fingerprint density at radius 1 is 1.32 bits per heavy atom. The van der Waals surface area contributed by atoms with Crippen molar-refractivity contribution in [1.29, 1.82) is 0 Å². The summed E-state index contributed by atoms with van der Waals surface area (Å²) in [5, 5.41) is 3.08. The Hall–Kier alpha value is -1.21. The third-order valence-electron chi connectivity index (χ3n) is 2.12. The van der Waals surface area contributed by atoms with Crippen LogP contribution in [0.2, 0.25) is 0 Å². The molecule has 0 radical (unpaired) electrons. The van der Waals surface area contributed by atoms with Crippen LogP contribution in [0.1, 0.15) is 17.3 Å². The zero-order chi connectivity index (χ0) is 14.3. The smallest absolute Gasteiger partial charge is 0.338 e. The molecule has 0 fully saturated rings. The second kappa shape index (κ2) is 7.40. The predicted molar refractivity (Wildman–Crippen MR) is 78.2 cm³/mol. The topological polar surface area (TPSA) is 72.5 Å². The second-order valence-corrected chi connectivity index (χ2v) is 8.33. The van der Waals surface area contributed by atoms with Gasteiger partial charge in [0.15, 0.2) is 8.87 Å². The summed E-state index contributed by atoms with van der Waals surface area (Å²) in [6, 6.07) is 6.86. The fourth-order valence-corrected chi connectivity index (χ4v) is 2.97. The highest BCUT2D eigenvalue weighted by atomic mass is 33.1. The van der Waals surface area contributed by atoms with E-state index in [2.05, 4.69) is 5.32 Å². The predicted octanol–water partition coefficient (Wildman–Crippen LogP) is 1.97. The summed E-state index contributed by atoms with van der Waals surface area (Å²) < 4.78 is 26.7. The third kappa shape index (κ3) is 6.49. The fourth-order valence-electron chi connectivity index (χ4n) is 1.33. The van der Waals surface area contributed by atoms with E-state index in [0.29, 0.717) is 24.5 Å². The average Bonchev–Trinajstić information content (AvgIpc) is 2.34. The second-order valence-electron chi connectivity index (χ2n) is 3.75. The molecular formula is C12H17NO4S2. The van der Waals surface area contributed by atoms with E-state index < -0.39 is 8.87 Å². The average molecular weight is 303 g/mol. The minimum absolute atomic E-state index is 0.346. The SMILES string of the molecule is CCOC(=O)c1ccc(NCCSS(C)(=O)=O)cc1. The molecule has 1 aromatic carbocycles. The van der Waals surface area contributed by atoms with Crippen molar-refractivity contribution in [1.82, 2.24) is 0 Å².